The summed E-state index contributed by atoms with van der Waals surface area (Å²) >= 11 is 0. The van der Waals surface area contributed by atoms with Crippen molar-refractivity contribution < 1.29 is 14.7 Å². The fraction of sp³-hybridized carbons (Fsp3) is 0.385. The first kappa shape index (κ1) is 11.6. The van der Waals surface area contributed by atoms with Gasteiger partial charge in [-0.1, -0.05) is 29.8 Å². The largest absolute Gasteiger partial charge is 0.481 e. The Kier molecular flexibility index (Phi) is 2.88. The molecule has 1 aliphatic heterocycles. The first-order valence-electron chi connectivity index (χ1n) is 5.55. The summed E-state index contributed by atoms with van der Waals surface area (Å²) in [7, 11) is 1.66. The van der Waals surface area contributed by atoms with Crippen molar-refractivity contribution in [2.24, 2.45) is 5.92 Å². The lowest BCUT2D eigenvalue weighted by molar-refractivity contribution is -0.142. The number of carbonyl (C=O) groups is 2. The van der Waals surface area contributed by atoms with Gasteiger partial charge in [0.2, 0.25) is 5.91 Å². The van der Waals surface area contributed by atoms with E-state index in [0.29, 0.717) is 0 Å². The van der Waals surface area contributed by atoms with E-state index in [1.807, 2.05) is 31.2 Å². The maximum absolute atomic E-state index is 11.6. The minimum Gasteiger partial charge on any atom is -0.481 e. The van der Waals surface area contributed by atoms with E-state index >= 15 is 0 Å². The van der Waals surface area contributed by atoms with Crippen LogP contribution in [0.25, 0.3) is 0 Å². The number of carbonyl (C=O) groups excluding carboxylic acids is 1. The maximum atomic E-state index is 11.6. The molecule has 1 N–H and O–H groups in total. The Morgan fingerprint density at radius 1 is 1.47 bits per heavy atom. The number of carboxylic acids is 1. The Bertz CT molecular complexity index is 469. The SMILES string of the molecule is Cc1cccc(C2C(C(=O)O)CC(=O)N2C)c1. The summed E-state index contributed by atoms with van der Waals surface area (Å²) < 4.78 is 0. The molecule has 17 heavy (non-hydrogen) atoms. The van der Waals surface area contributed by atoms with E-state index in [-0.39, 0.29) is 18.4 Å². The molecular weight excluding hydrogens is 218 g/mol. The number of carboxylic acid groups (broad SMARTS) is 1. The lowest BCUT2D eigenvalue weighted by Gasteiger charge is -2.23. The van der Waals surface area contributed by atoms with Gasteiger partial charge in [0, 0.05) is 13.5 Å². The minimum absolute atomic E-state index is 0.0877. The van der Waals surface area contributed by atoms with E-state index < -0.39 is 11.9 Å². The van der Waals surface area contributed by atoms with Gasteiger partial charge in [-0.25, -0.2) is 0 Å². The molecular formula is C13H15NO3. The number of hydrogen-bond donors (Lipinski definition) is 1. The summed E-state index contributed by atoms with van der Waals surface area (Å²) in [4.78, 5) is 24.3. The van der Waals surface area contributed by atoms with Gasteiger partial charge < -0.3 is 10.0 Å². The van der Waals surface area contributed by atoms with E-state index in [4.69, 9.17) is 0 Å². The summed E-state index contributed by atoms with van der Waals surface area (Å²) in [6.45, 7) is 1.95. The summed E-state index contributed by atoms with van der Waals surface area (Å²) in [5.41, 5.74) is 1.96. The molecule has 0 saturated carbocycles. The summed E-state index contributed by atoms with van der Waals surface area (Å²) in [5.74, 6) is -1.66. The van der Waals surface area contributed by atoms with Crippen LogP contribution in [0.1, 0.15) is 23.6 Å². The Labute approximate surface area is 99.9 Å². The van der Waals surface area contributed by atoms with Crippen molar-refractivity contribution in [2.75, 3.05) is 7.05 Å². The third kappa shape index (κ3) is 2.02. The predicted molar refractivity (Wildman–Crippen MR) is 62.4 cm³/mol. The van der Waals surface area contributed by atoms with Crippen molar-refractivity contribution in [3.05, 3.63) is 35.4 Å². The number of rotatable bonds is 2. The number of likely N-dealkylation sites (tertiary alicyclic amines) is 1. The zero-order valence-corrected chi connectivity index (χ0v) is 9.88. The lowest BCUT2D eigenvalue weighted by atomic mass is 9.93. The molecule has 1 heterocycles. The second kappa shape index (κ2) is 4.20. The van der Waals surface area contributed by atoms with E-state index in [9.17, 15) is 14.7 Å². The molecule has 0 aromatic heterocycles. The second-order valence-electron chi connectivity index (χ2n) is 4.51. The van der Waals surface area contributed by atoms with E-state index in [1.54, 1.807) is 7.05 Å². The van der Waals surface area contributed by atoms with Gasteiger partial charge in [0.1, 0.15) is 0 Å². The molecule has 2 unspecified atom stereocenters. The average molecular weight is 233 g/mol. The molecule has 4 nitrogen and oxygen atoms in total. The highest BCUT2D eigenvalue weighted by atomic mass is 16.4. The van der Waals surface area contributed by atoms with Gasteiger partial charge in [-0.05, 0) is 12.5 Å². The molecule has 0 radical (unpaired) electrons. The first-order chi connectivity index (χ1) is 8.00. The lowest BCUT2D eigenvalue weighted by Crippen LogP contribution is -2.26. The van der Waals surface area contributed by atoms with Gasteiger partial charge in [-0.3, -0.25) is 9.59 Å². The van der Waals surface area contributed by atoms with Crippen molar-refractivity contribution in [2.45, 2.75) is 19.4 Å². The fourth-order valence-corrected chi connectivity index (χ4v) is 2.40. The van der Waals surface area contributed by atoms with Crippen LogP contribution in [-0.4, -0.2) is 28.9 Å². The normalized spacial score (nSPS) is 24.1. The van der Waals surface area contributed by atoms with Crippen molar-refractivity contribution in [3.63, 3.8) is 0 Å². The molecule has 4 heteroatoms. The van der Waals surface area contributed by atoms with Crippen LogP contribution in [0.3, 0.4) is 0 Å². The van der Waals surface area contributed by atoms with Gasteiger partial charge in [0.25, 0.3) is 0 Å². The standard InChI is InChI=1S/C13H15NO3/c1-8-4-3-5-9(6-8)12-10(13(16)17)7-11(15)14(12)2/h3-6,10,12H,7H2,1-2H3,(H,16,17). The Morgan fingerprint density at radius 2 is 2.18 bits per heavy atom. The van der Waals surface area contributed by atoms with Crippen LogP contribution in [0.2, 0.25) is 0 Å². The highest BCUT2D eigenvalue weighted by Gasteiger charge is 2.42. The zero-order valence-electron chi connectivity index (χ0n) is 9.88. The van der Waals surface area contributed by atoms with Crippen molar-refractivity contribution in [1.29, 1.82) is 0 Å². The first-order valence-corrected chi connectivity index (χ1v) is 5.55. The van der Waals surface area contributed by atoms with Crippen molar-refractivity contribution in [3.8, 4) is 0 Å². The summed E-state index contributed by atoms with van der Waals surface area (Å²) in [6.07, 6.45) is 0.0877. The van der Waals surface area contributed by atoms with Crippen LogP contribution in [0.15, 0.2) is 24.3 Å². The number of benzene rings is 1. The van der Waals surface area contributed by atoms with Crippen LogP contribution < -0.4 is 0 Å². The molecule has 2 atom stereocenters. The number of aryl methyl sites for hydroxylation is 1. The van der Waals surface area contributed by atoms with Gasteiger partial charge in [0.15, 0.2) is 0 Å². The van der Waals surface area contributed by atoms with Crippen LogP contribution in [0, 0.1) is 12.8 Å². The molecule has 1 amide bonds. The third-order valence-corrected chi connectivity index (χ3v) is 3.29. The third-order valence-electron chi connectivity index (χ3n) is 3.29. The van der Waals surface area contributed by atoms with Crippen molar-refractivity contribution in [1.82, 2.24) is 4.90 Å². The molecule has 0 aliphatic carbocycles. The zero-order chi connectivity index (χ0) is 12.6. The Hall–Kier alpha value is -1.84. The van der Waals surface area contributed by atoms with E-state index in [2.05, 4.69) is 0 Å². The topological polar surface area (TPSA) is 57.6 Å². The molecule has 1 aromatic rings. The number of hydrogen-bond acceptors (Lipinski definition) is 2. The van der Waals surface area contributed by atoms with Gasteiger partial charge in [-0.2, -0.15) is 0 Å². The Morgan fingerprint density at radius 3 is 2.76 bits per heavy atom. The van der Waals surface area contributed by atoms with Crippen LogP contribution in [0.4, 0.5) is 0 Å². The molecule has 0 spiro atoms. The van der Waals surface area contributed by atoms with Crippen molar-refractivity contribution >= 4 is 11.9 Å². The second-order valence-corrected chi connectivity index (χ2v) is 4.51. The Balaban J connectivity index is 2.40. The number of aliphatic carboxylic acids is 1. The number of nitrogens with zero attached hydrogens (tertiary/aromatic N) is 1. The maximum Gasteiger partial charge on any atom is 0.309 e. The monoisotopic (exact) mass is 233 g/mol. The average Bonchev–Trinajstić information content (AvgIpc) is 2.56. The van der Waals surface area contributed by atoms with Crippen LogP contribution >= 0.6 is 0 Å². The molecule has 1 aliphatic rings. The summed E-state index contributed by atoms with van der Waals surface area (Å²) in [6, 6.07) is 7.31. The molecule has 0 bridgehead atoms. The van der Waals surface area contributed by atoms with Gasteiger partial charge in [0.05, 0.1) is 12.0 Å². The minimum atomic E-state index is -0.908. The molecule has 90 valence electrons. The fourth-order valence-electron chi connectivity index (χ4n) is 2.40. The summed E-state index contributed by atoms with van der Waals surface area (Å²) in [5, 5.41) is 9.17. The van der Waals surface area contributed by atoms with Gasteiger partial charge in [-0.15, -0.1) is 0 Å². The quantitative estimate of drug-likeness (QED) is 0.844. The predicted octanol–water partition coefficient (Wildman–Crippen LogP) is 1.60. The van der Waals surface area contributed by atoms with Gasteiger partial charge >= 0.3 is 5.97 Å². The van der Waals surface area contributed by atoms with Crippen LogP contribution in [0.5, 0.6) is 0 Å². The van der Waals surface area contributed by atoms with E-state index in [0.717, 1.165) is 11.1 Å². The molecule has 1 aromatic carbocycles. The molecule has 2 rings (SSSR count). The highest BCUT2D eigenvalue weighted by Crippen LogP contribution is 2.37. The smallest absolute Gasteiger partial charge is 0.309 e. The molecule has 1 fully saturated rings. The van der Waals surface area contributed by atoms with E-state index in [1.165, 1.54) is 4.90 Å². The highest BCUT2D eigenvalue weighted by molar-refractivity contribution is 5.87. The molecule has 1 saturated heterocycles. The number of amides is 1. The van der Waals surface area contributed by atoms with Crippen LogP contribution in [-0.2, 0) is 9.59 Å².